The zero-order chi connectivity index (χ0) is 20.6. The van der Waals surface area contributed by atoms with E-state index in [2.05, 4.69) is 0 Å². The lowest BCUT2D eigenvalue weighted by Gasteiger charge is -2.17. The Kier molecular flexibility index (Phi) is 8.09. The Morgan fingerprint density at radius 3 is 1.93 bits per heavy atom. The average molecular weight is 410 g/mol. The third kappa shape index (κ3) is 6.70. The van der Waals surface area contributed by atoms with Crippen molar-refractivity contribution in [3.8, 4) is 11.3 Å². The Balaban J connectivity index is 0.000000500. The number of hydrogen-bond acceptors (Lipinski definition) is 7. The highest BCUT2D eigenvalue weighted by molar-refractivity contribution is 5.78. The summed E-state index contributed by atoms with van der Waals surface area (Å²) in [5.41, 5.74) is 1.78. The number of aliphatic hydroxyl groups is 2. The van der Waals surface area contributed by atoms with Crippen LogP contribution in [0, 0.1) is 10.2 Å². The van der Waals surface area contributed by atoms with Gasteiger partial charge in [0.05, 0.1) is 11.5 Å². The molecule has 0 aliphatic heterocycles. The van der Waals surface area contributed by atoms with Crippen LogP contribution in [0.1, 0.15) is 0 Å². The molecule has 0 unspecified atom stereocenters. The van der Waals surface area contributed by atoms with Crippen LogP contribution in [-0.4, -0.2) is 36.5 Å². The summed E-state index contributed by atoms with van der Waals surface area (Å²) in [4.78, 5) is 0. The third-order valence-corrected chi connectivity index (χ3v) is 3.79. The fraction of sp³-hybridized carbons (Fsp3) is 0.211. The summed E-state index contributed by atoms with van der Waals surface area (Å²) in [6.07, 6.45) is 0. The monoisotopic (exact) mass is 409 g/mol. The lowest BCUT2D eigenvalue weighted by molar-refractivity contribution is -2.00. The molecular formula is C19H20ClNO7. The molecule has 0 amide bonds. The first-order valence-corrected chi connectivity index (χ1v) is 9.56. The van der Waals surface area contributed by atoms with E-state index in [-0.39, 0.29) is 13.2 Å². The number of rotatable bonds is 5. The van der Waals surface area contributed by atoms with Crippen LogP contribution >= 0.6 is 0 Å². The van der Waals surface area contributed by atoms with E-state index in [1.807, 2.05) is 65.2 Å². The molecule has 2 aromatic carbocycles. The van der Waals surface area contributed by atoms with Crippen LogP contribution in [0.4, 0.5) is 0 Å². The molecule has 1 heterocycles. The van der Waals surface area contributed by atoms with Gasteiger partial charge in [-0.2, -0.15) is 0 Å². The Hall–Kier alpha value is -2.30. The standard InChI is InChI=1S/C19H20NO3.ClHO4/c21-12-10-20(11-13-22)17-14-19(15-6-2-1-3-7-15)23-18-9-5-4-8-16(17)18;2-1(3,4)5/h1-9,14,21-22H,10-13H2;(H,2,3,4,5)/q+1;/p-1. The van der Waals surface area contributed by atoms with Crippen LogP contribution in [0.25, 0.3) is 22.3 Å². The van der Waals surface area contributed by atoms with Crippen molar-refractivity contribution in [2.75, 3.05) is 26.3 Å². The minimum atomic E-state index is -4.94. The van der Waals surface area contributed by atoms with Gasteiger partial charge < -0.3 is 14.6 Å². The highest BCUT2D eigenvalue weighted by Gasteiger charge is 2.12. The largest absolute Gasteiger partial charge is 0.456 e. The predicted molar refractivity (Wildman–Crippen MR) is 90.8 cm³/mol. The van der Waals surface area contributed by atoms with E-state index in [0.717, 1.165) is 27.7 Å². The fourth-order valence-electron chi connectivity index (χ4n) is 2.72. The van der Waals surface area contributed by atoms with Gasteiger partial charge in [0.25, 0.3) is 0 Å². The van der Waals surface area contributed by atoms with Gasteiger partial charge in [0.1, 0.15) is 24.6 Å². The maximum atomic E-state index is 9.34. The summed E-state index contributed by atoms with van der Waals surface area (Å²) < 4.78 is 42.0. The highest BCUT2D eigenvalue weighted by Crippen LogP contribution is 2.21. The Labute approximate surface area is 163 Å². The van der Waals surface area contributed by atoms with Gasteiger partial charge in [0.15, 0.2) is 13.1 Å². The van der Waals surface area contributed by atoms with E-state index in [1.165, 1.54) is 0 Å². The van der Waals surface area contributed by atoms with Gasteiger partial charge >= 0.3 is 0 Å². The van der Waals surface area contributed by atoms with Gasteiger partial charge in [-0.15, -0.1) is 10.2 Å². The van der Waals surface area contributed by atoms with Crippen molar-refractivity contribution < 1.29 is 43.5 Å². The zero-order valence-corrected chi connectivity index (χ0v) is 15.6. The zero-order valence-electron chi connectivity index (χ0n) is 14.9. The molecule has 0 saturated heterocycles. The molecule has 0 aliphatic rings. The van der Waals surface area contributed by atoms with E-state index in [9.17, 15) is 10.2 Å². The van der Waals surface area contributed by atoms with Crippen molar-refractivity contribution in [3.63, 3.8) is 0 Å². The van der Waals surface area contributed by atoms with Gasteiger partial charge in [-0.05, 0) is 12.1 Å². The molecule has 1 aromatic heterocycles. The molecule has 8 nitrogen and oxygen atoms in total. The molecular weight excluding hydrogens is 390 g/mol. The first kappa shape index (κ1) is 22.0. The van der Waals surface area contributed by atoms with Crippen molar-refractivity contribution in [2.45, 2.75) is 0 Å². The van der Waals surface area contributed by atoms with Crippen molar-refractivity contribution in [3.05, 3.63) is 66.0 Å². The van der Waals surface area contributed by atoms with Crippen LogP contribution < -0.4 is 28.6 Å². The smallest absolute Gasteiger partial charge is 0.214 e. The molecule has 9 heteroatoms. The van der Waals surface area contributed by atoms with Gasteiger partial charge in [0.2, 0.25) is 5.36 Å². The van der Waals surface area contributed by atoms with Crippen LogP contribution in [0.3, 0.4) is 0 Å². The van der Waals surface area contributed by atoms with Crippen molar-refractivity contribution in [2.24, 2.45) is 0 Å². The minimum Gasteiger partial charge on any atom is -0.456 e. The molecule has 3 rings (SSSR count). The number of fused-ring (bicyclic) bond motifs is 1. The quantitative estimate of drug-likeness (QED) is 0.429. The van der Waals surface area contributed by atoms with E-state index >= 15 is 0 Å². The van der Waals surface area contributed by atoms with Crippen molar-refractivity contribution in [1.82, 2.24) is 4.58 Å². The molecule has 2 N–H and O–H groups in total. The molecule has 0 bridgehead atoms. The normalized spacial score (nSPS) is 11.1. The van der Waals surface area contributed by atoms with E-state index in [0.29, 0.717) is 13.1 Å². The molecule has 3 aromatic rings. The Morgan fingerprint density at radius 1 is 0.821 bits per heavy atom. The lowest BCUT2D eigenvalue weighted by Crippen LogP contribution is -2.68. The summed E-state index contributed by atoms with van der Waals surface area (Å²) in [7, 11) is -4.94. The summed E-state index contributed by atoms with van der Waals surface area (Å²) in [6, 6.07) is 19.7. The van der Waals surface area contributed by atoms with Crippen LogP contribution in [0.5, 0.6) is 0 Å². The first-order valence-electron chi connectivity index (χ1n) is 8.33. The van der Waals surface area contributed by atoms with E-state index in [4.69, 9.17) is 23.1 Å². The lowest BCUT2D eigenvalue weighted by atomic mass is 10.1. The summed E-state index contributed by atoms with van der Waals surface area (Å²) in [6.45, 7) is 0.980. The second-order valence-electron chi connectivity index (χ2n) is 5.67. The molecule has 0 radical (unpaired) electrons. The fourth-order valence-corrected chi connectivity index (χ4v) is 2.72. The SMILES string of the molecule is OCC[N+](CCO)=c1cc(-c2ccccc2)oc2ccccc12.[O-][Cl+3]([O-])([O-])[O-]. The summed E-state index contributed by atoms with van der Waals surface area (Å²) >= 11 is 0. The first-order chi connectivity index (χ1) is 13.3. The van der Waals surface area contributed by atoms with E-state index < -0.39 is 10.2 Å². The van der Waals surface area contributed by atoms with Gasteiger partial charge in [-0.3, -0.25) is 0 Å². The molecule has 150 valence electrons. The van der Waals surface area contributed by atoms with Crippen molar-refractivity contribution in [1.29, 1.82) is 0 Å². The molecule has 0 spiro atoms. The van der Waals surface area contributed by atoms with Gasteiger partial charge in [-0.25, -0.2) is 23.2 Å². The molecule has 0 fully saturated rings. The molecule has 0 atom stereocenters. The molecule has 28 heavy (non-hydrogen) atoms. The average Bonchev–Trinajstić information content (AvgIpc) is 2.66. The highest BCUT2D eigenvalue weighted by atomic mass is 35.7. The number of hydrogen-bond donors (Lipinski definition) is 2. The summed E-state index contributed by atoms with van der Waals surface area (Å²) in [5.74, 6) is 0.764. The number of nitrogens with zero attached hydrogens (tertiary/aromatic N) is 1. The Bertz CT molecular complexity index is 938. The Morgan fingerprint density at radius 2 is 1.36 bits per heavy atom. The maximum Gasteiger partial charge on any atom is 0.214 e. The molecule has 0 aliphatic carbocycles. The summed E-state index contributed by atoms with van der Waals surface area (Å²) in [5, 5.41) is 20.6. The topological polar surface area (TPSA) is 149 Å². The second kappa shape index (κ2) is 10.3. The third-order valence-electron chi connectivity index (χ3n) is 3.79. The second-order valence-corrected chi connectivity index (χ2v) is 6.43. The van der Waals surface area contributed by atoms with Crippen molar-refractivity contribution >= 4 is 11.0 Å². The number of halogens is 1. The van der Waals surface area contributed by atoms with Crippen LogP contribution in [0.2, 0.25) is 0 Å². The van der Waals surface area contributed by atoms with Crippen LogP contribution in [0.15, 0.2) is 65.1 Å². The van der Waals surface area contributed by atoms with Gasteiger partial charge in [-0.1, -0.05) is 42.5 Å². The predicted octanol–water partition coefficient (Wildman–Crippen LogP) is -2.90. The van der Waals surface area contributed by atoms with Crippen LogP contribution in [-0.2, 0) is 0 Å². The minimum absolute atomic E-state index is 0.0288. The number of para-hydroxylation sites is 1. The number of benzene rings is 2. The van der Waals surface area contributed by atoms with E-state index in [1.54, 1.807) is 0 Å². The number of aliphatic hydroxyl groups excluding tert-OH is 2. The van der Waals surface area contributed by atoms with Gasteiger partial charge in [0, 0.05) is 5.56 Å². The molecule has 0 saturated carbocycles. The maximum absolute atomic E-state index is 9.34.